The number of ether oxygens (including phenoxy) is 2. The Kier molecular flexibility index (Phi) is 7.68. The minimum atomic E-state index is 0.504. The summed E-state index contributed by atoms with van der Waals surface area (Å²) in [7, 11) is 3.66. The first-order valence-electron chi connectivity index (χ1n) is 5.55. The van der Waals surface area contributed by atoms with Gasteiger partial charge in [0.25, 0.3) is 0 Å². The highest BCUT2D eigenvalue weighted by atomic mass is 35.5. The summed E-state index contributed by atoms with van der Waals surface area (Å²) in [6, 6.07) is 0. The molecule has 0 fully saturated rings. The molecule has 98 valence electrons. The SMILES string of the molecule is COCCOCCCSc1ncc(CCl)n1C. The summed E-state index contributed by atoms with van der Waals surface area (Å²) >= 11 is 7.50. The molecule has 0 N–H and O–H groups in total. The van der Waals surface area contributed by atoms with Crippen molar-refractivity contribution in [2.24, 2.45) is 7.05 Å². The molecule has 0 unspecified atom stereocenters. The van der Waals surface area contributed by atoms with Crippen molar-refractivity contribution in [2.75, 3.05) is 32.7 Å². The molecule has 0 atom stereocenters. The molecule has 1 aromatic rings. The second kappa shape index (κ2) is 8.80. The first-order valence-corrected chi connectivity index (χ1v) is 7.07. The topological polar surface area (TPSA) is 36.3 Å². The number of hydrogen-bond donors (Lipinski definition) is 0. The number of alkyl halides is 1. The van der Waals surface area contributed by atoms with E-state index in [4.69, 9.17) is 21.1 Å². The van der Waals surface area contributed by atoms with Gasteiger partial charge >= 0.3 is 0 Å². The van der Waals surface area contributed by atoms with Crippen molar-refractivity contribution >= 4 is 23.4 Å². The molecule has 1 aromatic heterocycles. The highest BCUT2D eigenvalue weighted by molar-refractivity contribution is 7.99. The molecule has 0 spiro atoms. The van der Waals surface area contributed by atoms with Crippen molar-refractivity contribution in [3.63, 3.8) is 0 Å². The standard InChI is InChI=1S/C11H19ClN2O2S/c1-14-10(8-12)9-13-11(14)17-7-3-4-16-6-5-15-2/h9H,3-8H2,1-2H3. The van der Waals surface area contributed by atoms with Gasteiger partial charge in [-0.25, -0.2) is 4.98 Å². The summed E-state index contributed by atoms with van der Waals surface area (Å²) < 4.78 is 12.3. The monoisotopic (exact) mass is 278 g/mol. The van der Waals surface area contributed by atoms with Gasteiger partial charge in [0.1, 0.15) is 0 Å². The first kappa shape index (κ1) is 14.8. The van der Waals surface area contributed by atoms with Crippen molar-refractivity contribution in [1.82, 2.24) is 9.55 Å². The van der Waals surface area contributed by atoms with Crippen LogP contribution in [0.2, 0.25) is 0 Å². The summed E-state index contributed by atoms with van der Waals surface area (Å²) in [4.78, 5) is 4.31. The smallest absolute Gasteiger partial charge is 0.167 e. The Hall–Kier alpha value is -0.230. The van der Waals surface area contributed by atoms with Crippen LogP contribution in [0, 0.1) is 0 Å². The number of aromatic nitrogens is 2. The molecule has 0 radical (unpaired) electrons. The van der Waals surface area contributed by atoms with Crippen molar-refractivity contribution < 1.29 is 9.47 Å². The first-order chi connectivity index (χ1) is 8.29. The summed E-state index contributed by atoms with van der Waals surface area (Å²) in [6.07, 6.45) is 2.84. The molecule has 0 aromatic carbocycles. The van der Waals surface area contributed by atoms with Gasteiger partial charge in [-0.1, -0.05) is 11.8 Å². The van der Waals surface area contributed by atoms with E-state index < -0.39 is 0 Å². The lowest BCUT2D eigenvalue weighted by Crippen LogP contribution is -2.04. The zero-order chi connectivity index (χ0) is 12.5. The molecule has 0 aliphatic heterocycles. The maximum absolute atomic E-state index is 5.78. The van der Waals surface area contributed by atoms with Crippen LogP contribution in [0.25, 0.3) is 0 Å². The van der Waals surface area contributed by atoms with E-state index in [0.29, 0.717) is 19.1 Å². The van der Waals surface area contributed by atoms with Gasteiger partial charge in [0.05, 0.1) is 31.0 Å². The van der Waals surface area contributed by atoms with Crippen LogP contribution in [-0.4, -0.2) is 42.2 Å². The lowest BCUT2D eigenvalue weighted by Gasteiger charge is -2.04. The highest BCUT2D eigenvalue weighted by Crippen LogP contribution is 2.18. The van der Waals surface area contributed by atoms with Crippen LogP contribution in [0.1, 0.15) is 12.1 Å². The number of methoxy groups -OCH3 is 1. The Balaban J connectivity index is 2.11. The third kappa shape index (κ3) is 5.29. The van der Waals surface area contributed by atoms with Gasteiger partial charge in [0.15, 0.2) is 5.16 Å². The van der Waals surface area contributed by atoms with Crippen LogP contribution >= 0.6 is 23.4 Å². The molecule has 0 amide bonds. The molecule has 0 saturated carbocycles. The quantitative estimate of drug-likeness (QED) is 0.395. The maximum atomic E-state index is 5.78. The van der Waals surface area contributed by atoms with Crippen LogP contribution in [0.5, 0.6) is 0 Å². The minimum absolute atomic E-state index is 0.504. The molecule has 0 bridgehead atoms. The summed E-state index contributed by atoms with van der Waals surface area (Å²) in [5.74, 6) is 1.50. The second-order valence-electron chi connectivity index (χ2n) is 3.53. The molecule has 0 aliphatic carbocycles. The molecule has 4 nitrogen and oxygen atoms in total. The zero-order valence-electron chi connectivity index (χ0n) is 10.3. The number of nitrogens with zero attached hydrogens (tertiary/aromatic N) is 2. The Labute approximate surface area is 112 Å². The van der Waals surface area contributed by atoms with E-state index in [2.05, 4.69) is 4.98 Å². The Morgan fingerprint density at radius 2 is 2.24 bits per heavy atom. The molecule has 1 heterocycles. The van der Waals surface area contributed by atoms with Gasteiger partial charge in [0.2, 0.25) is 0 Å². The molecular formula is C11H19ClN2O2S. The molecule has 17 heavy (non-hydrogen) atoms. The second-order valence-corrected chi connectivity index (χ2v) is 4.86. The van der Waals surface area contributed by atoms with Crippen molar-refractivity contribution in [1.29, 1.82) is 0 Å². The number of hydrogen-bond acceptors (Lipinski definition) is 4. The average Bonchev–Trinajstić information content (AvgIpc) is 2.69. The van der Waals surface area contributed by atoms with E-state index >= 15 is 0 Å². The molecule has 0 saturated heterocycles. The minimum Gasteiger partial charge on any atom is -0.382 e. The fourth-order valence-electron chi connectivity index (χ4n) is 1.25. The van der Waals surface area contributed by atoms with Crippen LogP contribution in [0.3, 0.4) is 0 Å². The maximum Gasteiger partial charge on any atom is 0.167 e. The van der Waals surface area contributed by atoms with Crippen molar-refractivity contribution in [3.05, 3.63) is 11.9 Å². The van der Waals surface area contributed by atoms with Crippen molar-refractivity contribution in [3.8, 4) is 0 Å². The largest absolute Gasteiger partial charge is 0.382 e. The number of thioether (sulfide) groups is 1. The van der Waals surface area contributed by atoms with E-state index in [9.17, 15) is 0 Å². The lowest BCUT2D eigenvalue weighted by molar-refractivity contribution is 0.0713. The summed E-state index contributed by atoms with van der Waals surface area (Å²) in [6.45, 7) is 2.09. The van der Waals surface area contributed by atoms with E-state index in [1.807, 2.05) is 17.8 Å². The van der Waals surface area contributed by atoms with Crippen molar-refractivity contribution in [2.45, 2.75) is 17.5 Å². The predicted molar refractivity (Wildman–Crippen MR) is 70.8 cm³/mol. The summed E-state index contributed by atoms with van der Waals surface area (Å²) in [5, 5.41) is 1.01. The van der Waals surface area contributed by atoms with Gasteiger partial charge in [-0.05, 0) is 6.42 Å². The average molecular weight is 279 g/mol. The van der Waals surface area contributed by atoms with E-state index in [1.54, 1.807) is 18.9 Å². The van der Waals surface area contributed by atoms with Gasteiger partial charge in [0, 0.05) is 26.5 Å². The fraction of sp³-hybridized carbons (Fsp3) is 0.727. The Morgan fingerprint density at radius 1 is 1.41 bits per heavy atom. The Bertz CT molecular complexity index is 320. The van der Waals surface area contributed by atoms with E-state index in [1.165, 1.54) is 0 Å². The van der Waals surface area contributed by atoms with Gasteiger partial charge in [-0.2, -0.15) is 0 Å². The highest BCUT2D eigenvalue weighted by Gasteiger charge is 2.05. The molecule has 0 aliphatic rings. The number of imidazole rings is 1. The number of halogens is 1. The van der Waals surface area contributed by atoms with E-state index in [0.717, 1.165) is 29.6 Å². The van der Waals surface area contributed by atoms with Gasteiger partial charge in [-0.15, -0.1) is 11.6 Å². The normalized spacial score (nSPS) is 11.0. The zero-order valence-corrected chi connectivity index (χ0v) is 11.9. The predicted octanol–water partition coefficient (Wildman–Crippen LogP) is 2.30. The molecule has 1 rings (SSSR count). The Morgan fingerprint density at radius 3 is 2.88 bits per heavy atom. The van der Waals surface area contributed by atoms with Crippen LogP contribution < -0.4 is 0 Å². The third-order valence-electron chi connectivity index (χ3n) is 2.27. The van der Waals surface area contributed by atoms with Crippen LogP contribution in [0.4, 0.5) is 0 Å². The number of rotatable bonds is 9. The van der Waals surface area contributed by atoms with E-state index in [-0.39, 0.29) is 0 Å². The van der Waals surface area contributed by atoms with Crippen LogP contribution in [0.15, 0.2) is 11.4 Å². The lowest BCUT2D eigenvalue weighted by atomic mass is 10.5. The van der Waals surface area contributed by atoms with Gasteiger partial charge < -0.3 is 14.0 Å². The van der Waals surface area contributed by atoms with Crippen LogP contribution in [-0.2, 0) is 22.4 Å². The van der Waals surface area contributed by atoms with Gasteiger partial charge in [-0.3, -0.25) is 0 Å². The molecule has 6 heteroatoms. The third-order valence-corrected chi connectivity index (χ3v) is 3.68. The fourth-order valence-corrected chi connectivity index (χ4v) is 2.38. The summed E-state index contributed by atoms with van der Waals surface area (Å²) in [5.41, 5.74) is 1.05. The molecular weight excluding hydrogens is 260 g/mol.